The van der Waals surface area contributed by atoms with Gasteiger partial charge in [-0.2, -0.15) is 0 Å². The van der Waals surface area contributed by atoms with Gasteiger partial charge in [0.2, 0.25) is 0 Å². The van der Waals surface area contributed by atoms with Crippen molar-refractivity contribution in [3.8, 4) is 0 Å². The lowest BCUT2D eigenvalue weighted by atomic mass is 9.79. The van der Waals surface area contributed by atoms with Crippen molar-refractivity contribution >= 4 is 5.97 Å². The van der Waals surface area contributed by atoms with Gasteiger partial charge < -0.3 is 9.63 Å². The van der Waals surface area contributed by atoms with Gasteiger partial charge in [0, 0.05) is 5.92 Å². The van der Waals surface area contributed by atoms with Gasteiger partial charge in [0.25, 0.3) is 0 Å². The monoisotopic (exact) mass is 211 g/mol. The molecule has 0 aromatic carbocycles. The summed E-state index contributed by atoms with van der Waals surface area (Å²) in [6, 6.07) is 0. The lowest BCUT2D eigenvalue weighted by Gasteiger charge is -2.25. The molecule has 4 heteroatoms. The number of carboxylic acids is 1. The Balaban J connectivity index is 3.21. The first-order chi connectivity index (χ1) is 6.75. The first-order valence-electron chi connectivity index (χ1n) is 4.94. The van der Waals surface area contributed by atoms with Gasteiger partial charge in [-0.15, -0.1) is 0 Å². The highest BCUT2D eigenvalue weighted by atomic mass is 16.5. The molecule has 1 unspecified atom stereocenters. The minimum atomic E-state index is -0.972. The van der Waals surface area contributed by atoms with Gasteiger partial charge in [-0.1, -0.05) is 32.9 Å². The zero-order valence-electron chi connectivity index (χ0n) is 9.79. The Morgan fingerprint density at radius 2 is 2.00 bits per heavy atom. The Hall–Kier alpha value is -1.32. The van der Waals surface area contributed by atoms with Crippen LogP contribution in [0, 0.1) is 12.3 Å². The molecule has 0 saturated carbocycles. The van der Waals surface area contributed by atoms with Crippen LogP contribution in [0.5, 0.6) is 0 Å². The number of carbonyl (C=O) groups is 1. The first kappa shape index (κ1) is 11.8. The van der Waals surface area contributed by atoms with Gasteiger partial charge in [0.1, 0.15) is 17.0 Å². The summed E-state index contributed by atoms with van der Waals surface area (Å²) in [5.74, 6) is -0.561. The Morgan fingerprint density at radius 3 is 2.40 bits per heavy atom. The van der Waals surface area contributed by atoms with Crippen molar-refractivity contribution < 1.29 is 14.4 Å². The van der Waals surface area contributed by atoms with Gasteiger partial charge in [-0.05, 0) is 12.3 Å². The molecule has 0 aliphatic carbocycles. The fraction of sp³-hybridized carbons (Fsp3) is 0.636. The summed E-state index contributed by atoms with van der Waals surface area (Å²) in [6.07, 6.45) is 0. The normalized spacial score (nSPS) is 13.9. The third kappa shape index (κ3) is 2.19. The number of hydrogen-bond acceptors (Lipinski definition) is 3. The lowest BCUT2D eigenvalue weighted by molar-refractivity contribution is 0.0693. The Kier molecular flexibility index (Phi) is 2.88. The van der Waals surface area contributed by atoms with E-state index in [4.69, 9.17) is 9.63 Å². The van der Waals surface area contributed by atoms with Crippen LogP contribution in [0.25, 0.3) is 0 Å². The van der Waals surface area contributed by atoms with E-state index in [1.807, 2.05) is 27.7 Å². The molecule has 0 saturated heterocycles. The Labute approximate surface area is 89.3 Å². The molecule has 0 radical (unpaired) electrons. The number of rotatable bonds is 2. The van der Waals surface area contributed by atoms with Crippen LogP contribution in [0.1, 0.15) is 55.4 Å². The second kappa shape index (κ2) is 3.68. The molecule has 4 nitrogen and oxygen atoms in total. The van der Waals surface area contributed by atoms with Crippen LogP contribution in [-0.4, -0.2) is 16.2 Å². The lowest BCUT2D eigenvalue weighted by Crippen LogP contribution is -2.18. The summed E-state index contributed by atoms with van der Waals surface area (Å²) < 4.78 is 4.94. The van der Waals surface area contributed by atoms with Gasteiger partial charge in [0.15, 0.2) is 0 Å². The van der Waals surface area contributed by atoms with Crippen molar-refractivity contribution in [2.75, 3.05) is 0 Å². The highest BCUT2D eigenvalue weighted by Gasteiger charge is 2.30. The Bertz CT molecular complexity index is 374. The van der Waals surface area contributed by atoms with E-state index in [1.54, 1.807) is 6.92 Å². The van der Waals surface area contributed by atoms with Crippen molar-refractivity contribution in [1.82, 2.24) is 5.16 Å². The molecule has 1 rings (SSSR count). The molecule has 1 atom stereocenters. The van der Waals surface area contributed by atoms with Gasteiger partial charge >= 0.3 is 5.97 Å². The van der Waals surface area contributed by atoms with Crippen LogP contribution in [0.15, 0.2) is 4.52 Å². The predicted octanol–water partition coefficient (Wildman–Crippen LogP) is 2.83. The highest BCUT2D eigenvalue weighted by molar-refractivity contribution is 5.90. The zero-order chi connectivity index (χ0) is 11.8. The minimum absolute atomic E-state index is 0.0342. The van der Waals surface area contributed by atoms with Gasteiger partial charge in [-0.25, -0.2) is 4.79 Å². The SMILES string of the molecule is Cc1onc(C(C)C(C)(C)C)c1C(=O)O. The van der Waals surface area contributed by atoms with Crippen LogP contribution in [0.3, 0.4) is 0 Å². The van der Waals surface area contributed by atoms with E-state index in [9.17, 15) is 4.79 Å². The molecule has 1 N–H and O–H groups in total. The van der Waals surface area contributed by atoms with E-state index in [2.05, 4.69) is 5.16 Å². The molecule has 1 heterocycles. The largest absolute Gasteiger partial charge is 0.477 e. The molecular formula is C11H17NO3. The summed E-state index contributed by atoms with van der Waals surface area (Å²) in [7, 11) is 0. The molecule has 1 aromatic rings. The molecule has 1 aromatic heterocycles. The number of carboxylic acid groups (broad SMARTS) is 1. The number of hydrogen-bond donors (Lipinski definition) is 1. The van der Waals surface area contributed by atoms with Crippen molar-refractivity contribution in [1.29, 1.82) is 0 Å². The van der Waals surface area contributed by atoms with E-state index in [-0.39, 0.29) is 16.9 Å². The van der Waals surface area contributed by atoms with E-state index in [0.717, 1.165) is 0 Å². The van der Waals surface area contributed by atoms with Crippen molar-refractivity contribution in [2.24, 2.45) is 5.41 Å². The third-order valence-electron chi connectivity index (χ3n) is 2.81. The standard InChI is InChI=1S/C11H17NO3/c1-6(11(3,4)5)9-8(10(13)14)7(2)15-12-9/h6H,1-5H3,(H,13,14). The second-order valence-electron chi connectivity index (χ2n) is 4.89. The maximum Gasteiger partial charge on any atom is 0.341 e. The number of nitrogens with zero attached hydrogens (tertiary/aromatic N) is 1. The van der Waals surface area contributed by atoms with Gasteiger partial charge in [-0.3, -0.25) is 0 Å². The topological polar surface area (TPSA) is 63.3 Å². The van der Waals surface area contributed by atoms with E-state index in [1.165, 1.54) is 0 Å². The fourth-order valence-electron chi connectivity index (χ4n) is 1.36. The van der Waals surface area contributed by atoms with Crippen LogP contribution in [0.2, 0.25) is 0 Å². The molecular weight excluding hydrogens is 194 g/mol. The fourth-order valence-corrected chi connectivity index (χ4v) is 1.36. The molecule has 0 amide bonds. The maximum atomic E-state index is 11.0. The van der Waals surface area contributed by atoms with E-state index in [0.29, 0.717) is 11.5 Å². The molecule has 15 heavy (non-hydrogen) atoms. The summed E-state index contributed by atoms with van der Waals surface area (Å²) in [6.45, 7) is 9.73. The first-order valence-corrected chi connectivity index (χ1v) is 4.94. The molecule has 84 valence electrons. The third-order valence-corrected chi connectivity index (χ3v) is 2.81. The van der Waals surface area contributed by atoms with Crippen molar-refractivity contribution in [3.63, 3.8) is 0 Å². The highest BCUT2D eigenvalue weighted by Crippen LogP contribution is 2.36. The van der Waals surface area contributed by atoms with Crippen molar-refractivity contribution in [3.05, 3.63) is 17.0 Å². The summed E-state index contributed by atoms with van der Waals surface area (Å²) in [5, 5.41) is 12.9. The van der Waals surface area contributed by atoms with Crippen LogP contribution < -0.4 is 0 Å². The molecule has 0 aliphatic heterocycles. The molecule has 0 fully saturated rings. The number of aryl methyl sites for hydroxylation is 1. The molecule has 0 spiro atoms. The van der Waals surface area contributed by atoms with Crippen LogP contribution >= 0.6 is 0 Å². The summed E-state index contributed by atoms with van der Waals surface area (Å²) in [5.41, 5.74) is 0.706. The Morgan fingerprint density at radius 1 is 1.47 bits per heavy atom. The zero-order valence-corrected chi connectivity index (χ0v) is 9.79. The average Bonchev–Trinajstić information content (AvgIpc) is 2.43. The predicted molar refractivity (Wildman–Crippen MR) is 56.1 cm³/mol. The van der Waals surface area contributed by atoms with Crippen molar-refractivity contribution in [2.45, 2.75) is 40.5 Å². The number of aromatic carboxylic acids is 1. The number of aromatic nitrogens is 1. The van der Waals surface area contributed by atoms with E-state index >= 15 is 0 Å². The maximum absolute atomic E-state index is 11.0. The van der Waals surface area contributed by atoms with Crippen LogP contribution in [-0.2, 0) is 0 Å². The average molecular weight is 211 g/mol. The van der Waals surface area contributed by atoms with Gasteiger partial charge in [0.05, 0.1) is 0 Å². The smallest absolute Gasteiger partial charge is 0.341 e. The second-order valence-corrected chi connectivity index (χ2v) is 4.89. The molecule has 0 bridgehead atoms. The summed E-state index contributed by atoms with van der Waals surface area (Å²) in [4.78, 5) is 11.0. The summed E-state index contributed by atoms with van der Waals surface area (Å²) >= 11 is 0. The minimum Gasteiger partial charge on any atom is -0.477 e. The van der Waals surface area contributed by atoms with Crippen LogP contribution in [0.4, 0.5) is 0 Å². The van der Waals surface area contributed by atoms with E-state index < -0.39 is 5.97 Å². The molecule has 0 aliphatic rings. The quantitative estimate of drug-likeness (QED) is 0.817.